The van der Waals surface area contributed by atoms with E-state index in [2.05, 4.69) is 15.4 Å². The van der Waals surface area contributed by atoms with E-state index in [1.54, 1.807) is 10.7 Å². The van der Waals surface area contributed by atoms with Gasteiger partial charge in [-0.3, -0.25) is 0 Å². The normalized spacial score (nSPS) is 12.9. The third-order valence-electron chi connectivity index (χ3n) is 2.57. The van der Waals surface area contributed by atoms with E-state index in [4.69, 9.17) is 5.11 Å². The van der Waals surface area contributed by atoms with Gasteiger partial charge in [0.1, 0.15) is 5.52 Å². The van der Waals surface area contributed by atoms with Crippen molar-refractivity contribution in [1.82, 2.24) is 14.6 Å². The van der Waals surface area contributed by atoms with E-state index in [1.807, 2.05) is 26.1 Å². The third kappa shape index (κ3) is 1.99. The maximum atomic E-state index is 9.15. The highest BCUT2D eigenvalue weighted by Gasteiger charge is 2.09. The van der Waals surface area contributed by atoms with Crippen molar-refractivity contribution in [2.24, 2.45) is 0 Å². The number of anilines is 1. The van der Waals surface area contributed by atoms with Crippen molar-refractivity contribution < 1.29 is 5.11 Å². The third-order valence-corrected chi connectivity index (χ3v) is 2.57. The Balaban J connectivity index is 2.36. The molecule has 0 spiro atoms. The highest BCUT2D eigenvalue weighted by atomic mass is 16.3. The molecule has 2 aromatic heterocycles. The summed E-state index contributed by atoms with van der Waals surface area (Å²) in [5, 5.41) is 16.7. The molecule has 0 amide bonds. The smallest absolute Gasteiger partial charge is 0.152 e. The first-order valence-corrected chi connectivity index (χ1v) is 5.43. The molecular formula is C11H16N4O. The predicted molar refractivity (Wildman–Crippen MR) is 62.5 cm³/mol. The number of aromatic nitrogens is 3. The summed E-state index contributed by atoms with van der Waals surface area (Å²) < 4.78 is 1.79. The van der Waals surface area contributed by atoms with Gasteiger partial charge in [0.05, 0.1) is 18.3 Å². The lowest BCUT2D eigenvalue weighted by molar-refractivity contribution is 0.271. The average molecular weight is 220 g/mol. The molecule has 0 aliphatic heterocycles. The molecule has 1 unspecified atom stereocenters. The van der Waals surface area contributed by atoms with Gasteiger partial charge < -0.3 is 10.4 Å². The minimum Gasteiger partial charge on any atom is -0.394 e. The SMILES string of the molecule is CCC(CO)Nc1nccn2nc(C)cc12. The molecule has 0 saturated heterocycles. The lowest BCUT2D eigenvalue weighted by atomic mass is 10.2. The molecule has 2 rings (SSSR count). The molecule has 1 atom stereocenters. The van der Waals surface area contributed by atoms with Crippen LogP contribution in [-0.2, 0) is 0 Å². The summed E-state index contributed by atoms with van der Waals surface area (Å²) in [6, 6.07) is 2.01. The van der Waals surface area contributed by atoms with Crippen molar-refractivity contribution in [3.05, 3.63) is 24.2 Å². The highest BCUT2D eigenvalue weighted by Crippen LogP contribution is 2.15. The number of rotatable bonds is 4. The quantitative estimate of drug-likeness (QED) is 0.813. The second-order valence-electron chi connectivity index (χ2n) is 3.82. The van der Waals surface area contributed by atoms with E-state index >= 15 is 0 Å². The van der Waals surface area contributed by atoms with Crippen LogP contribution in [0, 0.1) is 6.92 Å². The molecule has 0 saturated carbocycles. The molecule has 0 bridgehead atoms. The number of nitrogens with one attached hydrogen (secondary N) is 1. The molecule has 0 fully saturated rings. The summed E-state index contributed by atoms with van der Waals surface area (Å²) in [5.74, 6) is 0.768. The molecule has 0 aliphatic rings. The largest absolute Gasteiger partial charge is 0.394 e. The standard InChI is InChI=1S/C11H16N4O/c1-3-9(7-16)13-11-10-6-8(2)14-15(10)5-4-12-11/h4-6,9,16H,3,7H2,1-2H3,(H,12,13). The van der Waals surface area contributed by atoms with Gasteiger partial charge in [-0.15, -0.1) is 0 Å². The fraction of sp³-hybridized carbons (Fsp3) is 0.455. The average Bonchev–Trinajstić information content (AvgIpc) is 2.67. The Morgan fingerprint density at radius 3 is 3.06 bits per heavy atom. The van der Waals surface area contributed by atoms with E-state index in [0.717, 1.165) is 23.4 Å². The van der Waals surface area contributed by atoms with Crippen molar-refractivity contribution in [1.29, 1.82) is 0 Å². The van der Waals surface area contributed by atoms with Crippen LogP contribution in [0.3, 0.4) is 0 Å². The van der Waals surface area contributed by atoms with Crippen molar-refractivity contribution >= 4 is 11.3 Å². The van der Waals surface area contributed by atoms with Gasteiger partial charge in [-0.05, 0) is 19.4 Å². The zero-order chi connectivity index (χ0) is 11.5. The Hall–Kier alpha value is -1.62. The molecule has 2 N–H and O–H groups in total. The molecule has 2 heterocycles. The van der Waals surface area contributed by atoms with Crippen LogP contribution >= 0.6 is 0 Å². The molecule has 0 radical (unpaired) electrons. The molecule has 5 nitrogen and oxygen atoms in total. The van der Waals surface area contributed by atoms with Gasteiger partial charge in [0.25, 0.3) is 0 Å². The van der Waals surface area contributed by atoms with Gasteiger partial charge in [-0.25, -0.2) is 9.50 Å². The topological polar surface area (TPSA) is 62.5 Å². The van der Waals surface area contributed by atoms with Crippen LogP contribution in [0.15, 0.2) is 18.5 Å². The Labute approximate surface area is 94.1 Å². The van der Waals surface area contributed by atoms with E-state index < -0.39 is 0 Å². The Kier molecular flexibility index (Phi) is 3.05. The number of fused-ring (bicyclic) bond motifs is 1. The first-order valence-electron chi connectivity index (χ1n) is 5.43. The minimum absolute atomic E-state index is 0.0360. The number of hydrogen-bond acceptors (Lipinski definition) is 4. The van der Waals surface area contributed by atoms with E-state index in [1.165, 1.54) is 0 Å². The summed E-state index contributed by atoms with van der Waals surface area (Å²) >= 11 is 0. The Morgan fingerprint density at radius 2 is 2.38 bits per heavy atom. The van der Waals surface area contributed by atoms with Crippen LogP contribution in [0.4, 0.5) is 5.82 Å². The molecular weight excluding hydrogens is 204 g/mol. The lowest BCUT2D eigenvalue weighted by Gasteiger charge is -2.14. The van der Waals surface area contributed by atoms with Crippen LogP contribution in [0.25, 0.3) is 5.52 Å². The van der Waals surface area contributed by atoms with Crippen molar-refractivity contribution in [2.45, 2.75) is 26.3 Å². The van der Waals surface area contributed by atoms with Crippen LogP contribution in [-0.4, -0.2) is 32.4 Å². The van der Waals surface area contributed by atoms with Gasteiger partial charge in [0.15, 0.2) is 5.82 Å². The first kappa shape index (κ1) is 10.9. The number of aliphatic hydroxyl groups is 1. The number of hydrogen-bond donors (Lipinski definition) is 2. The summed E-state index contributed by atoms with van der Waals surface area (Å²) in [4.78, 5) is 4.27. The van der Waals surface area contributed by atoms with E-state index in [0.29, 0.717) is 0 Å². The highest BCUT2D eigenvalue weighted by molar-refractivity contribution is 5.67. The monoisotopic (exact) mass is 220 g/mol. The molecule has 2 aromatic rings. The summed E-state index contributed by atoms with van der Waals surface area (Å²) in [6.07, 6.45) is 4.37. The Morgan fingerprint density at radius 1 is 1.56 bits per heavy atom. The van der Waals surface area contributed by atoms with Gasteiger partial charge in [-0.2, -0.15) is 5.10 Å². The molecule has 5 heteroatoms. The maximum absolute atomic E-state index is 9.15. The number of nitrogens with zero attached hydrogens (tertiary/aromatic N) is 3. The molecule has 0 aromatic carbocycles. The number of aliphatic hydroxyl groups excluding tert-OH is 1. The molecule has 0 aliphatic carbocycles. The van der Waals surface area contributed by atoms with Gasteiger partial charge in [0, 0.05) is 12.4 Å². The number of aryl methyl sites for hydroxylation is 1. The summed E-state index contributed by atoms with van der Waals surface area (Å²) in [7, 11) is 0. The van der Waals surface area contributed by atoms with Crippen LogP contribution in [0.2, 0.25) is 0 Å². The van der Waals surface area contributed by atoms with Crippen molar-refractivity contribution in [2.75, 3.05) is 11.9 Å². The minimum atomic E-state index is 0.0360. The van der Waals surface area contributed by atoms with E-state index in [9.17, 15) is 0 Å². The second-order valence-corrected chi connectivity index (χ2v) is 3.82. The summed E-state index contributed by atoms with van der Waals surface area (Å²) in [6.45, 7) is 4.07. The van der Waals surface area contributed by atoms with Crippen LogP contribution < -0.4 is 5.32 Å². The summed E-state index contributed by atoms with van der Waals surface area (Å²) in [5.41, 5.74) is 1.89. The Bertz CT molecular complexity index is 476. The second kappa shape index (κ2) is 4.49. The van der Waals surface area contributed by atoms with Crippen molar-refractivity contribution in [3.63, 3.8) is 0 Å². The predicted octanol–water partition coefficient (Wildman–Crippen LogP) is 1.22. The zero-order valence-corrected chi connectivity index (χ0v) is 9.51. The molecule has 86 valence electrons. The first-order chi connectivity index (χ1) is 7.74. The lowest BCUT2D eigenvalue weighted by Crippen LogP contribution is -2.23. The maximum Gasteiger partial charge on any atom is 0.152 e. The van der Waals surface area contributed by atoms with E-state index in [-0.39, 0.29) is 12.6 Å². The van der Waals surface area contributed by atoms with Gasteiger partial charge in [0.2, 0.25) is 0 Å². The van der Waals surface area contributed by atoms with Crippen LogP contribution in [0.5, 0.6) is 0 Å². The molecule has 16 heavy (non-hydrogen) atoms. The van der Waals surface area contributed by atoms with Gasteiger partial charge >= 0.3 is 0 Å². The van der Waals surface area contributed by atoms with Gasteiger partial charge in [-0.1, -0.05) is 6.92 Å². The fourth-order valence-electron chi connectivity index (χ4n) is 1.63. The zero-order valence-electron chi connectivity index (χ0n) is 9.51. The van der Waals surface area contributed by atoms with Crippen LogP contribution in [0.1, 0.15) is 19.0 Å². The fourth-order valence-corrected chi connectivity index (χ4v) is 1.63. The van der Waals surface area contributed by atoms with Crippen molar-refractivity contribution in [3.8, 4) is 0 Å².